The second-order valence-corrected chi connectivity index (χ2v) is 1.74. The zero-order valence-corrected chi connectivity index (χ0v) is 6.75. The number of hydrogen-bond donors (Lipinski definition) is 1. The van der Waals surface area contributed by atoms with Crippen LogP contribution in [0.4, 0.5) is 0 Å². The Hall–Kier alpha value is -0.130. The Labute approximate surface area is 63.7 Å². The fourth-order valence-electron chi connectivity index (χ4n) is 0.561. The van der Waals surface area contributed by atoms with E-state index in [-0.39, 0.29) is 22.9 Å². The number of nitrogens with two attached hydrogens (primary N) is 1. The van der Waals surface area contributed by atoms with E-state index in [0.717, 1.165) is 5.06 Å². The molecule has 2 N–H and O–H groups in total. The molecule has 0 spiro atoms. The van der Waals surface area contributed by atoms with Gasteiger partial charge in [0.1, 0.15) is 6.04 Å². The Balaban J connectivity index is 0.000000640. The molecule has 9 heavy (non-hydrogen) atoms. The van der Waals surface area contributed by atoms with Gasteiger partial charge in [-0.2, -0.15) is 0 Å². The third-order valence-electron chi connectivity index (χ3n) is 1.08. The van der Waals surface area contributed by atoms with Crippen LogP contribution in [-0.4, -0.2) is 30.7 Å². The van der Waals surface area contributed by atoms with Gasteiger partial charge in [-0.3, -0.25) is 9.63 Å². The Morgan fingerprint density at radius 1 is 1.89 bits per heavy atom. The van der Waals surface area contributed by atoms with E-state index >= 15 is 0 Å². The van der Waals surface area contributed by atoms with Crippen molar-refractivity contribution in [2.75, 3.05) is 13.7 Å². The van der Waals surface area contributed by atoms with Crippen molar-refractivity contribution in [3.8, 4) is 0 Å². The van der Waals surface area contributed by atoms with E-state index in [9.17, 15) is 4.79 Å². The number of carbonyl (C=O) groups excluding carboxylic acids is 1. The molecule has 0 radical (unpaired) electrons. The Kier molecular flexibility index (Phi) is 3.10. The zero-order chi connectivity index (χ0) is 6.15. The Bertz CT molecular complexity index is 107. The molecule has 4 nitrogen and oxygen atoms in total. The topological polar surface area (TPSA) is 55.6 Å². The summed E-state index contributed by atoms with van der Waals surface area (Å²) >= 11 is 0. The lowest BCUT2D eigenvalue weighted by Gasteiger charge is -2.03. The maximum Gasteiger partial charge on any atom is 0.265 e. The highest BCUT2D eigenvalue weighted by atomic mass is 79.9. The van der Waals surface area contributed by atoms with Crippen LogP contribution in [0.15, 0.2) is 0 Å². The molecule has 1 rings (SSSR count). The molecule has 1 aliphatic rings. The fourth-order valence-corrected chi connectivity index (χ4v) is 0.561. The van der Waals surface area contributed by atoms with Gasteiger partial charge in [-0.15, -0.1) is 17.0 Å². The van der Waals surface area contributed by atoms with Crippen molar-refractivity contribution in [1.82, 2.24) is 5.06 Å². The molecule has 0 unspecified atom stereocenters. The minimum atomic E-state index is -0.444. The molecule has 0 aliphatic carbocycles. The van der Waals surface area contributed by atoms with Gasteiger partial charge in [-0.05, 0) is 0 Å². The van der Waals surface area contributed by atoms with Crippen LogP contribution in [0, 0.1) is 0 Å². The minimum absolute atomic E-state index is 0. The number of hydroxylamine groups is 2. The summed E-state index contributed by atoms with van der Waals surface area (Å²) in [7, 11) is 1.55. The van der Waals surface area contributed by atoms with Crippen molar-refractivity contribution in [2.24, 2.45) is 5.73 Å². The van der Waals surface area contributed by atoms with E-state index in [1.165, 1.54) is 0 Å². The van der Waals surface area contributed by atoms with Crippen LogP contribution < -0.4 is 5.73 Å². The molecule has 1 heterocycles. The highest BCUT2D eigenvalue weighted by Gasteiger charge is 2.26. The fraction of sp³-hybridized carbons (Fsp3) is 0.750. The van der Waals surface area contributed by atoms with Crippen LogP contribution in [-0.2, 0) is 9.63 Å². The van der Waals surface area contributed by atoms with Crippen molar-refractivity contribution in [3.05, 3.63) is 0 Å². The SMILES string of the molecule is Br.CN1OC[C@@H](N)C1=O. The molecule has 1 saturated heterocycles. The number of amides is 1. The summed E-state index contributed by atoms with van der Waals surface area (Å²) in [5.74, 6) is -0.148. The van der Waals surface area contributed by atoms with Crippen LogP contribution >= 0.6 is 17.0 Å². The summed E-state index contributed by atoms with van der Waals surface area (Å²) in [6.07, 6.45) is 0. The van der Waals surface area contributed by atoms with Crippen molar-refractivity contribution < 1.29 is 9.63 Å². The van der Waals surface area contributed by atoms with Gasteiger partial charge in [-0.25, -0.2) is 5.06 Å². The summed E-state index contributed by atoms with van der Waals surface area (Å²) in [6, 6.07) is -0.444. The van der Waals surface area contributed by atoms with E-state index in [4.69, 9.17) is 10.6 Å². The van der Waals surface area contributed by atoms with E-state index in [1.54, 1.807) is 7.05 Å². The molecule has 5 heteroatoms. The second-order valence-electron chi connectivity index (χ2n) is 1.74. The number of rotatable bonds is 0. The minimum Gasteiger partial charge on any atom is -0.318 e. The van der Waals surface area contributed by atoms with Crippen LogP contribution in [0.3, 0.4) is 0 Å². The molecule has 0 bridgehead atoms. The lowest BCUT2D eigenvalue weighted by Crippen LogP contribution is -2.32. The maximum absolute atomic E-state index is 10.6. The zero-order valence-electron chi connectivity index (χ0n) is 5.03. The monoisotopic (exact) mass is 196 g/mol. The first-order valence-corrected chi connectivity index (χ1v) is 2.38. The van der Waals surface area contributed by atoms with Gasteiger partial charge < -0.3 is 5.73 Å². The van der Waals surface area contributed by atoms with E-state index in [1.807, 2.05) is 0 Å². The Morgan fingerprint density at radius 3 is 2.56 bits per heavy atom. The first-order chi connectivity index (χ1) is 3.72. The number of nitrogens with zero attached hydrogens (tertiary/aromatic N) is 1. The standard InChI is InChI=1S/C4H8N2O2.BrH/c1-6-4(7)3(5)2-8-6;/h3H,2,5H2,1H3;1H/t3-;/m1./s1. The second kappa shape index (κ2) is 3.14. The number of carbonyl (C=O) groups is 1. The summed E-state index contributed by atoms with van der Waals surface area (Å²) in [5, 5.41) is 1.16. The van der Waals surface area contributed by atoms with Gasteiger partial charge in [0.25, 0.3) is 5.91 Å². The number of halogens is 1. The van der Waals surface area contributed by atoms with Crippen molar-refractivity contribution in [2.45, 2.75) is 6.04 Å². The molecular weight excluding hydrogens is 188 g/mol. The maximum atomic E-state index is 10.6. The first kappa shape index (κ1) is 8.87. The normalized spacial score (nSPS) is 26.2. The molecule has 0 aromatic heterocycles. The Morgan fingerprint density at radius 2 is 2.44 bits per heavy atom. The van der Waals surface area contributed by atoms with Crippen molar-refractivity contribution in [3.63, 3.8) is 0 Å². The predicted octanol–water partition coefficient (Wildman–Crippen LogP) is -0.705. The van der Waals surface area contributed by atoms with Gasteiger partial charge in [0.05, 0.1) is 6.61 Å². The van der Waals surface area contributed by atoms with Gasteiger partial charge in [0, 0.05) is 7.05 Å². The molecule has 1 atom stereocenters. The molecule has 1 aliphatic heterocycles. The number of hydrogen-bond acceptors (Lipinski definition) is 3. The lowest BCUT2D eigenvalue weighted by molar-refractivity contribution is -0.154. The third-order valence-corrected chi connectivity index (χ3v) is 1.08. The van der Waals surface area contributed by atoms with Crippen LogP contribution in [0.2, 0.25) is 0 Å². The van der Waals surface area contributed by atoms with E-state index in [2.05, 4.69) is 0 Å². The van der Waals surface area contributed by atoms with Crippen LogP contribution in [0.1, 0.15) is 0 Å². The van der Waals surface area contributed by atoms with Crippen LogP contribution in [0.5, 0.6) is 0 Å². The molecule has 0 aromatic rings. The molecule has 0 aromatic carbocycles. The predicted molar refractivity (Wildman–Crippen MR) is 37.0 cm³/mol. The number of likely N-dealkylation sites (N-methyl/N-ethyl adjacent to an activating group) is 1. The highest BCUT2D eigenvalue weighted by Crippen LogP contribution is 2.00. The third kappa shape index (κ3) is 1.64. The summed E-state index contributed by atoms with van der Waals surface area (Å²) in [6.45, 7) is 0.315. The highest BCUT2D eigenvalue weighted by molar-refractivity contribution is 8.93. The lowest BCUT2D eigenvalue weighted by atomic mass is 10.3. The average molecular weight is 197 g/mol. The summed E-state index contributed by atoms with van der Waals surface area (Å²) in [5.41, 5.74) is 5.25. The molecule has 1 fully saturated rings. The molecule has 1 amide bonds. The largest absolute Gasteiger partial charge is 0.318 e. The average Bonchev–Trinajstić information content (AvgIpc) is 1.98. The molecular formula is C4H9BrN2O2. The van der Waals surface area contributed by atoms with Gasteiger partial charge in [-0.1, -0.05) is 0 Å². The van der Waals surface area contributed by atoms with E-state index in [0.29, 0.717) is 6.61 Å². The molecule has 0 saturated carbocycles. The summed E-state index contributed by atoms with van der Waals surface area (Å²) < 4.78 is 0. The van der Waals surface area contributed by atoms with Gasteiger partial charge in [0.2, 0.25) is 0 Å². The van der Waals surface area contributed by atoms with Crippen molar-refractivity contribution in [1.29, 1.82) is 0 Å². The van der Waals surface area contributed by atoms with Gasteiger partial charge >= 0.3 is 0 Å². The van der Waals surface area contributed by atoms with Crippen molar-refractivity contribution >= 4 is 22.9 Å². The van der Waals surface area contributed by atoms with Crippen LogP contribution in [0.25, 0.3) is 0 Å². The summed E-state index contributed by atoms with van der Waals surface area (Å²) in [4.78, 5) is 15.3. The van der Waals surface area contributed by atoms with Gasteiger partial charge in [0.15, 0.2) is 0 Å². The smallest absolute Gasteiger partial charge is 0.265 e. The van der Waals surface area contributed by atoms with E-state index < -0.39 is 6.04 Å². The first-order valence-electron chi connectivity index (χ1n) is 2.38. The molecule has 54 valence electrons. The quantitative estimate of drug-likeness (QED) is 0.558.